The van der Waals surface area contributed by atoms with Gasteiger partial charge in [-0.1, -0.05) is 24.4 Å². The Kier molecular flexibility index (Phi) is 2.47. The van der Waals surface area contributed by atoms with Crippen LogP contribution in [0.4, 0.5) is 5.95 Å². The van der Waals surface area contributed by atoms with E-state index in [0.29, 0.717) is 11.0 Å². The maximum atomic E-state index is 5.92. The van der Waals surface area contributed by atoms with Gasteiger partial charge in [0.05, 0.1) is 5.02 Å². The first-order valence-electron chi connectivity index (χ1n) is 5.95. The Labute approximate surface area is 105 Å². The second kappa shape index (κ2) is 3.88. The van der Waals surface area contributed by atoms with Crippen LogP contribution < -0.4 is 5.32 Å². The predicted molar refractivity (Wildman–Crippen MR) is 68.5 cm³/mol. The van der Waals surface area contributed by atoms with Crippen LogP contribution in [0.25, 0.3) is 5.65 Å². The van der Waals surface area contributed by atoms with E-state index < -0.39 is 0 Å². The molecule has 1 aliphatic rings. The number of halogens is 1. The maximum absolute atomic E-state index is 5.92. The van der Waals surface area contributed by atoms with Gasteiger partial charge in [-0.3, -0.25) is 0 Å². The Morgan fingerprint density at radius 1 is 1.35 bits per heavy atom. The average Bonchev–Trinajstić information content (AvgIpc) is 2.84. The van der Waals surface area contributed by atoms with Gasteiger partial charge in [0.25, 0.3) is 0 Å². The highest BCUT2D eigenvalue weighted by atomic mass is 35.5. The molecule has 5 heteroatoms. The van der Waals surface area contributed by atoms with Crippen molar-refractivity contribution in [1.29, 1.82) is 0 Å². The molecule has 0 radical (unpaired) electrons. The molecule has 90 valence electrons. The third kappa shape index (κ3) is 2.09. The summed E-state index contributed by atoms with van der Waals surface area (Å²) >= 11 is 5.92. The van der Waals surface area contributed by atoms with Gasteiger partial charge >= 0.3 is 0 Å². The number of rotatable bonds is 2. The van der Waals surface area contributed by atoms with Crippen LogP contribution in [0.2, 0.25) is 5.02 Å². The van der Waals surface area contributed by atoms with Crippen molar-refractivity contribution in [2.24, 2.45) is 0 Å². The van der Waals surface area contributed by atoms with Gasteiger partial charge in [0.2, 0.25) is 5.95 Å². The van der Waals surface area contributed by atoms with Crippen LogP contribution in [0.5, 0.6) is 0 Å². The molecule has 0 amide bonds. The SMILES string of the molecule is CC1(Nc2nc3ccc(Cl)cn3n2)CCCC1. The molecule has 1 saturated carbocycles. The molecule has 1 aliphatic carbocycles. The fraction of sp³-hybridized carbons (Fsp3) is 0.500. The Morgan fingerprint density at radius 2 is 2.12 bits per heavy atom. The summed E-state index contributed by atoms with van der Waals surface area (Å²) in [5, 5.41) is 8.50. The first-order chi connectivity index (χ1) is 8.15. The first kappa shape index (κ1) is 10.8. The van der Waals surface area contributed by atoms with Gasteiger partial charge in [0, 0.05) is 11.7 Å². The highest BCUT2D eigenvalue weighted by Crippen LogP contribution is 2.31. The third-order valence-electron chi connectivity index (χ3n) is 3.42. The average molecular weight is 251 g/mol. The number of nitrogens with zero attached hydrogens (tertiary/aromatic N) is 3. The highest BCUT2D eigenvalue weighted by Gasteiger charge is 2.29. The van der Waals surface area contributed by atoms with Gasteiger partial charge in [0.15, 0.2) is 5.65 Å². The summed E-state index contributed by atoms with van der Waals surface area (Å²) in [7, 11) is 0. The molecule has 4 nitrogen and oxygen atoms in total. The zero-order valence-corrected chi connectivity index (χ0v) is 10.5. The Morgan fingerprint density at radius 3 is 2.88 bits per heavy atom. The fourth-order valence-corrected chi connectivity index (χ4v) is 2.62. The lowest BCUT2D eigenvalue weighted by molar-refractivity contribution is 0.528. The molecule has 0 aliphatic heterocycles. The van der Waals surface area contributed by atoms with Crippen LogP contribution in [0.15, 0.2) is 18.3 Å². The second-order valence-corrected chi connectivity index (χ2v) is 5.41. The molecule has 0 spiro atoms. The summed E-state index contributed by atoms with van der Waals surface area (Å²) < 4.78 is 1.71. The number of nitrogens with one attached hydrogen (secondary N) is 1. The monoisotopic (exact) mass is 250 g/mol. The molecular formula is C12H15ClN4. The van der Waals surface area contributed by atoms with E-state index in [4.69, 9.17) is 11.6 Å². The first-order valence-corrected chi connectivity index (χ1v) is 6.33. The number of fused-ring (bicyclic) bond motifs is 1. The molecule has 2 heterocycles. The Balaban J connectivity index is 1.90. The quantitative estimate of drug-likeness (QED) is 0.891. The lowest BCUT2D eigenvalue weighted by Gasteiger charge is -2.23. The smallest absolute Gasteiger partial charge is 0.243 e. The number of pyridine rings is 1. The molecule has 1 fully saturated rings. The summed E-state index contributed by atoms with van der Waals surface area (Å²) in [6.07, 6.45) is 6.70. The van der Waals surface area contributed by atoms with Crippen molar-refractivity contribution in [1.82, 2.24) is 14.6 Å². The highest BCUT2D eigenvalue weighted by molar-refractivity contribution is 6.30. The van der Waals surface area contributed by atoms with E-state index in [1.165, 1.54) is 25.7 Å². The summed E-state index contributed by atoms with van der Waals surface area (Å²) in [5.41, 5.74) is 0.966. The van der Waals surface area contributed by atoms with Crippen molar-refractivity contribution in [3.63, 3.8) is 0 Å². The standard InChI is InChI=1S/C12H15ClN4/c1-12(6-2-3-7-12)15-11-14-10-5-4-9(13)8-17(10)16-11/h4-5,8H,2-3,6-7H2,1H3,(H,15,16). The molecule has 0 bridgehead atoms. The van der Waals surface area contributed by atoms with Crippen molar-refractivity contribution in [2.45, 2.75) is 38.1 Å². The molecular weight excluding hydrogens is 236 g/mol. The summed E-state index contributed by atoms with van der Waals surface area (Å²) in [6.45, 7) is 2.23. The van der Waals surface area contributed by atoms with Gasteiger partial charge < -0.3 is 5.32 Å². The number of aromatic nitrogens is 3. The van der Waals surface area contributed by atoms with Crippen LogP contribution in [-0.4, -0.2) is 20.1 Å². The summed E-state index contributed by atoms with van der Waals surface area (Å²) in [6, 6.07) is 3.70. The predicted octanol–water partition coefficient (Wildman–Crippen LogP) is 3.13. The van der Waals surface area contributed by atoms with E-state index in [1.807, 2.05) is 12.1 Å². The molecule has 0 atom stereocenters. The van der Waals surface area contributed by atoms with E-state index in [2.05, 4.69) is 22.3 Å². The van der Waals surface area contributed by atoms with Gasteiger partial charge in [-0.25, -0.2) is 4.52 Å². The van der Waals surface area contributed by atoms with E-state index >= 15 is 0 Å². The van der Waals surface area contributed by atoms with E-state index in [9.17, 15) is 0 Å². The van der Waals surface area contributed by atoms with Crippen LogP contribution in [0.1, 0.15) is 32.6 Å². The Hall–Kier alpha value is -1.29. The lowest BCUT2D eigenvalue weighted by atomic mass is 10.0. The van der Waals surface area contributed by atoms with Crippen LogP contribution in [0.3, 0.4) is 0 Å². The summed E-state index contributed by atoms with van der Waals surface area (Å²) in [4.78, 5) is 4.44. The molecule has 2 aromatic heterocycles. The number of hydrogen-bond acceptors (Lipinski definition) is 3. The number of anilines is 1. The molecule has 0 aromatic carbocycles. The van der Waals surface area contributed by atoms with Gasteiger partial charge in [-0.15, -0.1) is 5.10 Å². The molecule has 1 N–H and O–H groups in total. The third-order valence-corrected chi connectivity index (χ3v) is 3.64. The van der Waals surface area contributed by atoms with E-state index in [1.54, 1.807) is 10.7 Å². The number of hydrogen-bond donors (Lipinski definition) is 1. The van der Waals surface area contributed by atoms with Crippen molar-refractivity contribution in [2.75, 3.05) is 5.32 Å². The van der Waals surface area contributed by atoms with Crippen molar-refractivity contribution in [3.8, 4) is 0 Å². The van der Waals surface area contributed by atoms with Gasteiger partial charge in [-0.2, -0.15) is 4.98 Å². The molecule has 17 heavy (non-hydrogen) atoms. The maximum Gasteiger partial charge on any atom is 0.243 e. The minimum atomic E-state index is 0.148. The largest absolute Gasteiger partial charge is 0.348 e. The van der Waals surface area contributed by atoms with Crippen LogP contribution in [0, 0.1) is 0 Å². The fourth-order valence-electron chi connectivity index (χ4n) is 2.46. The van der Waals surface area contributed by atoms with Crippen molar-refractivity contribution < 1.29 is 0 Å². The zero-order valence-electron chi connectivity index (χ0n) is 9.78. The zero-order chi connectivity index (χ0) is 11.9. The Bertz CT molecular complexity index is 542. The minimum absolute atomic E-state index is 0.148. The molecule has 2 aromatic rings. The van der Waals surface area contributed by atoms with Crippen LogP contribution >= 0.6 is 11.6 Å². The topological polar surface area (TPSA) is 42.2 Å². The van der Waals surface area contributed by atoms with Crippen molar-refractivity contribution >= 4 is 23.2 Å². The van der Waals surface area contributed by atoms with Gasteiger partial charge in [-0.05, 0) is 31.9 Å². The minimum Gasteiger partial charge on any atom is -0.348 e. The van der Waals surface area contributed by atoms with Gasteiger partial charge in [0.1, 0.15) is 0 Å². The van der Waals surface area contributed by atoms with E-state index in [0.717, 1.165) is 5.65 Å². The van der Waals surface area contributed by atoms with Crippen LogP contribution in [-0.2, 0) is 0 Å². The molecule has 3 rings (SSSR count). The normalized spacial score (nSPS) is 18.7. The lowest BCUT2D eigenvalue weighted by Crippen LogP contribution is -2.31. The summed E-state index contributed by atoms with van der Waals surface area (Å²) in [5.74, 6) is 0.691. The van der Waals surface area contributed by atoms with Crippen molar-refractivity contribution in [3.05, 3.63) is 23.4 Å². The van der Waals surface area contributed by atoms with E-state index in [-0.39, 0.29) is 5.54 Å². The second-order valence-electron chi connectivity index (χ2n) is 4.98. The molecule has 0 saturated heterocycles. The molecule has 0 unspecified atom stereocenters.